The van der Waals surface area contributed by atoms with E-state index < -0.39 is 11.5 Å². The zero-order chi connectivity index (χ0) is 27.9. The second kappa shape index (κ2) is 10.8. The van der Waals surface area contributed by atoms with Gasteiger partial charge in [0.1, 0.15) is 5.60 Å². The molecule has 5 rings (SSSR count). The molecule has 11 heteroatoms. The highest BCUT2D eigenvalue weighted by Gasteiger charge is 2.33. The van der Waals surface area contributed by atoms with Gasteiger partial charge in [0.25, 0.3) is 0 Å². The molecule has 3 aliphatic heterocycles. The van der Waals surface area contributed by atoms with Crippen LogP contribution in [0, 0.1) is 0 Å². The largest absolute Gasteiger partial charge is 0.444 e. The lowest BCUT2D eigenvalue weighted by molar-refractivity contribution is -0.134. The van der Waals surface area contributed by atoms with E-state index in [1.54, 1.807) is 0 Å². The molecule has 4 heterocycles. The number of aromatic nitrogens is 2. The van der Waals surface area contributed by atoms with Crippen molar-refractivity contribution in [1.29, 1.82) is 0 Å². The average molecular weight is 540 g/mol. The second-order valence-electron chi connectivity index (χ2n) is 11.9. The molecule has 1 aromatic heterocycles. The number of anilines is 1. The van der Waals surface area contributed by atoms with Gasteiger partial charge in [0.05, 0.1) is 23.3 Å². The Kier molecular flexibility index (Phi) is 7.56. The van der Waals surface area contributed by atoms with Crippen molar-refractivity contribution < 1.29 is 19.1 Å². The Balaban J connectivity index is 1.17. The monoisotopic (exact) mass is 539 g/mol. The third-order valence-electron chi connectivity index (χ3n) is 8.14. The number of benzene rings is 1. The first-order valence-corrected chi connectivity index (χ1v) is 14.0. The fourth-order valence-electron chi connectivity index (χ4n) is 5.87. The first kappa shape index (κ1) is 27.4. The molecule has 0 saturated carbocycles. The van der Waals surface area contributed by atoms with Crippen molar-refractivity contribution in [2.45, 2.75) is 58.2 Å². The summed E-state index contributed by atoms with van der Waals surface area (Å²) >= 11 is 0. The number of nitrogens with zero attached hydrogens (tertiary/aromatic N) is 6. The molecule has 39 heavy (non-hydrogen) atoms. The number of piperazine rings is 2. The summed E-state index contributed by atoms with van der Waals surface area (Å²) in [5.74, 6) is -0.865. The average Bonchev–Trinajstić information content (AvgIpc) is 3.23. The predicted molar refractivity (Wildman–Crippen MR) is 148 cm³/mol. The number of hydrogen-bond acceptors (Lipinski definition) is 8. The fraction of sp³-hybridized carbons (Fsp3) is 0.643. The minimum atomic E-state index is -0.474. The van der Waals surface area contributed by atoms with Gasteiger partial charge in [-0.3, -0.25) is 29.4 Å². The number of fused-ring (bicyclic) bond motifs is 1. The van der Waals surface area contributed by atoms with E-state index in [9.17, 15) is 14.4 Å². The Bertz CT molecular complexity index is 1240. The number of imide groups is 1. The number of hydrogen-bond donors (Lipinski definition) is 1. The summed E-state index contributed by atoms with van der Waals surface area (Å²) in [4.78, 5) is 45.6. The lowest BCUT2D eigenvalue weighted by Crippen LogP contribution is -2.59. The molecule has 3 amide bonds. The lowest BCUT2D eigenvalue weighted by atomic mass is 9.93. The van der Waals surface area contributed by atoms with Crippen molar-refractivity contribution >= 4 is 34.5 Å². The van der Waals surface area contributed by atoms with Gasteiger partial charge in [-0.15, -0.1) is 0 Å². The standard InChI is InChI=1S/C28H41N7O4/c1-19(33-12-16-35(17-13-33)27(38)39-28(2,3)4)32-10-14-34(15-11-32)20-6-7-21-23(18-20)31(5)30-25(21)22-8-9-24(36)29-26(22)37/h6-7,18-19,22H,8-17H2,1-5H3,(H,29,36,37). The SMILES string of the molecule is CC(N1CCN(C(=O)OC(C)(C)C)CC1)N1CCN(c2ccc3c(C4CCC(=O)NC4=O)nn(C)c3c2)CC1. The maximum atomic E-state index is 12.4. The highest BCUT2D eigenvalue weighted by molar-refractivity contribution is 6.02. The molecule has 0 aliphatic carbocycles. The molecule has 3 fully saturated rings. The Morgan fingerprint density at radius 1 is 1.03 bits per heavy atom. The first-order chi connectivity index (χ1) is 18.5. The second-order valence-corrected chi connectivity index (χ2v) is 11.9. The van der Waals surface area contributed by atoms with E-state index >= 15 is 0 Å². The molecule has 3 saturated heterocycles. The summed E-state index contributed by atoms with van der Waals surface area (Å²) in [6, 6.07) is 6.34. The molecular formula is C28H41N7O4. The Hall–Kier alpha value is -3.18. The van der Waals surface area contributed by atoms with E-state index in [1.807, 2.05) is 37.4 Å². The first-order valence-electron chi connectivity index (χ1n) is 14.0. The van der Waals surface area contributed by atoms with Crippen molar-refractivity contribution in [3.05, 3.63) is 23.9 Å². The van der Waals surface area contributed by atoms with Gasteiger partial charge in [0.15, 0.2) is 0 Å². The van der Waals surface area contributed by atoms with E-state index in [0.717, 1.165) is 61.6 Å². The minimum absolute atomic E-state index is 0.213. The lowest BCUT2D eigenvalue weighted by Gasteiger charge is -2.45. The van der Waals surface area contributed by atoms with Crippen LogP contribution in [0.4, 0.5) is 10.5 Å². The smallest absolute Gasteiger partial charge is 0.410 e. The summed E-state index contributed by atoms with van der Waals surface area (Å²) < 4.78 is 7.38. The number of carbonyl (C=O) groups excluding carboxylic acids is 3. The number of nitrogens with one attached hydrogen (secondary N) is 1. The van der Waals surface area contributed by atoms with Crippen LogP contribution in [0.15, 0.2) is 18.2 Å². The molecule has 11 nitrogen and oxygen atoms in total. The Labute approximate surface area is 230 Å². The van der Waals surface area contributed by atoms with Crippen molar-refractivity contribution in [2.24, 2.45) is 7.05 Å². The quantitative estimate of drug-likeness (QED) is 0.590. The summed E-state index contributed by atoms with van der Waals surface area (Å²) in [6.07, 6.45) is 0.922. The molecule has 212 valence electrons. The van der Waals surface area contributed by atoms with Crippen molar-refractivity contribution in [3.63, 3.8) is 0 Å². The highest BCUT2D eigenvalue weighted by atomic mass is 16.6. The molecular weight excluding hydrogens is 498 g/mol. The van der Waals surface area contributed by atoms with Crippen LogP contribution in [-0.2, 0) is 21.4 Å². The number of ether oxygens (including phenoxy) is 1. The van der Waals surface area contributed by atoms with Gasteiger partial charge in [-0.05, 0) is 52.3 Å². The van der Waals surface area contributed by atoms with E-state index in [4.69, 9.17) is 4.74 Å². The molecule has 1 aromatic carbocycles. The normalized spacial score (nSPS) is 22.7. The van der Waals surface area contributed by atoms with Gasteiger partial charge >= 0.3 is 6.09 Å². The maximum Gasteiger partial charge on any atom is 0.410 e. The van der Waals surface area contributed by atoms with Gasteiger partial charge in [0.2, 0.25) is 11.8 Å². The molecule has 2 atom stereocenters. The van der Waals surface area contributed by atoms with Crippen molar-refractivity contribution in [1.82, 2.24) is 29.8 Å². The number of amides is 3. The molecule has 0 bridgehead atoms. The molecule has 3 aliphatic rings. The van der Waals surface area contributed by atoms with Crippen LogP contribution < -0.4 is 10.2 Å². The summed E-state index contributed by atoms with van der Waals surface area (Å²) in [5.41, 5.74) is 2.41. The van der Waals surface area contributed by atoms with Gasteiger partial charge in [-0.2, -0.15) is 5.10 Å². The van der Waals surface area contributed by atoms with Crippen molar-refractivity contribution in [3.8, 4) is 0 Å². The van der Waals surface area contributed by atoms with Gasteiger partial charge < -0.3 is 14.5 Å². The zero-order valence-electron chi connectivity index (χ0n) is 23.8. The third-order valence-corrected chi connectivity index (χ3v) is 8.14. The topological polar surface area (TPSA) is 103 Å². The van der Waals surface area contributed by atoms with Crippen LogP contribution in [0.3, 0.4) is 0 Å². The van der Waals surface area contributed by atoms with Crippen LogP contribution in [0.2, 0.25) is 0 Å². The minimum Gasteiger partial charge on any atom is -0.444 e. The predicted octanol–water partition coefficient (Wildman–Crippen LogP) is 2.11. The maximum absolute atomic E-state index is 12.4. The molecule has 0 spiro atoms. The fourth-order valence-corrected chi connectivity index (χ4v) is 5.87. The number of piperidine rings is 1. The number of aryl methyl sites for hydroxylation is 1. The van der Waals surface area contributed by atoms with Gasteiger partial charge in [0, 0.05) is 76.9 Å². The van der Waals surface area contributed by atoms with E-state index in [1.165, 1.54) is 0 Å². The molecule has 1 N–H and O–H groups in total. The third kappa shape index (κ3) is 5.89. The van der Waals surface area contributed by atoms with E-state index in [-0.39, 0.29) is 17.9 Å². The van der Waals surface area contributed by atoms with Crippen LogP contribution in [0.1, 0.15) is 52.1 Å². The Morgan fingerprint density at radius 3 is 2.28 bits per heavy atom. The van der Waals surface area contributed by atoms with Gasteiger partial charge in [-0.25, -0.2) is 4.79 Å². The molecule has 0 radical (unpaired) electrons. The van der Waals surface area contributed by atoms with Crippen LogP contribution in [0.25, 0.3) is 10.9 Å². The van der Waals surface area contributed by atoms with Crippen LogP contribution in [0.5, 0.6) is 0 Å². The zero-order valence-corrected chi connectivity index (χ0v) is 23.8. The van der Waals surface area contributed by atoms with Crippen molar-refractivity contribution in [2.75, 3.05) is 57.3 Å². The molecule has 2 aromatic rings. The molecule has 2 unspecified atom stereocenters. The Morgan fingerprint density at radius 2 is 1.67 bits per heavy atom. The summed E-state index contributed by atoms with van der Waals surface area (Å²) in [5, 5.41) is 8.09. The number of carbonyl (C=O) groups is 3. The van der Waals surface area contributed by atoms with Crippen LogP contribution >= 0.6 is 0 Å². The summed E-state index contributed by atoms with van der Waals surface area (Å²) in [6.45, 7) is 14.8. The highest BCUT2D eigenvalue weighted by Crippen LogP contribution is 2.32. The van der Waals surface area contributed by atoms with Crippen LogP contribution in [-0.4, -0.2) is 107 Å². The van der Waals surface area contributed by atoms with E-state index in [0.29, 0.717) is 32.1 Å². The van der Waals surface area contributed by atoms with E-state index in [2.05, 4.69) is 50.2 Å². The van der Waals surface area contributed by atoms with Gasteiger partial charge in [-0.1, -0.05) is 0 Å². The number of rotatable bonds is 4. The summed E-state index contributed by atoms with van der Waals surface area (Å²) in [7, 11) is 1.91.